The molecule has 3 aliphatic heterocycles. The van der Waals surface area contributed by atoms with Gasteiger partial charge in [0.1, 0.15) is 11.6 Å². The van der Waals surface area contributed by atoms with Gasteiger partial charge in [-0.1, -0.05) is 53.2 Å². The zero-order valence-corrected chi connectivity index (χ0v) is 25.3. The molecule has 0 aromatic heterocycles. The van der Waals surface area contributed by atoms with Crippen LogP contribution >= 0.6 is 15.9 Å². The predicted octanol–water partition coefficient (Wildman–Crippen LogP) is 4.24. The molecule has 8 nitrogen and oxygen atoms in total. The zero-order chi connectivity index (χ0) is 29.2. The molecular weight excluding hydrogens is 576 g/mol. The molecule has 4 rings (SSSR count). The van der Waals surface area contributed by atoms with E-state index < -0.39 is 41.6 Å². The van der Waals surface area contributed by atoms with Gasteiger partial charge in [-0.15, -0.1) is 13.2 Å². The molecule has 1 aromatic rings. The molecule has 7 atom stereocenters. The van der Waals surface area contributed by atoms with Crippen molar-refractivity contribution in [2.24, 2.45) is 11.8 Å². The van der Waals surface area contributed by atoms with Gasteiger partial charge in [-0.05, 0) is 57.1 Å². The number of para-hydroxylation sites is 1. The Morgan fingerprint density at radius 2 is 1.98 bits per heavy atom. The number of ether oxygens (including phenoxy) is 2. The van der Waals surface area contributed by atoms with Crippen molar-refractivity contribution in [3.05, 3.63) is 54.6 Å². The predicted molar refractivity (Wildman–Crippen MR) is 157 cm³/mol. The number of likely N-dealkylation sites (tertiary alicyclic amines) is 1. The van der Waals surface area contributed by atoms with E-state index in [1.54, 1.807) is 11.0 Å². The number of aryl methyl sites for hydroxylation is 2. The van der Waals surface area contributed by atoms with Crippen molar-refractivity contribution in [3.8, 4) is 0 Å². The highest BCUT2D eigenvalue weighted by molar-refractivity contribution is 9.09. The normalized spacial score (nSPS) is 29.3. The summed E-state index contributed by atoms with van der Waals surface area (Å²) in [4.78, 5) is 45.3. The monoisotopic (exact) mass is 616 g/mol. The standard InChI is InChI=1S/C31H41BrN2O6/c1-6-9-10-11-16-39-30(38)23-24-28(36)34(21(8-3)18-35)27(31(24)17-22(32)26(23)40-31)29(37)33(15-7-2)25-19(4)13-12-14-20(25)5/h6-7,12-14,21-24,26-27,35H,1-2,8-11,15-18H2,3-5H3/t21-,22?,23+,24-,26+,27?,31?/m0/s1. The maximum Gasteiger partial charge on any atom is 0.312 e. The fourth-order valence-corrected chi connectivity index (χ4v) is 7.83. The lowest BCUT2D eigenvalue weighted by molar-refractivity contribution is -0.155. The number of alkyl halides is 1. The lowest BCUT2D eigenvalue weighted by Gasteiger charge is -2.39. The smallest absolute Gasteiger partial charge is 0.312 e. The van der Waals surface area contributed by atoms with Crippen LogP contribution in [0.3, 0.4) is 0 Å². The fraction of sp³-hybridized carbons (Fsp3) is 0.581. The number of carbonyl (C=O) groups excluding carboxylic acids is 3. The first kappa shape index (κ1) is 30.5. The number of unbranched alkanes of at least 4 members (excludes halogenated alkanes) is 2. The van der Waals surface area contributed by atoms with E-state index in [9.17, 15) is 19.5 Å². The molecule has 3 unspecified atom stereocenters. The van der Waals surface area contributed by atoms with E-state index in [0.717, 1.165) is 29.7 Å². The minimum Gasteiger partial charge on any atom is -0.465 e. The first-order valence-corrected chi connectivity index (χ1v) is 15.1. The number of nitrogens with zero attached hydrogens (tertiary/aromatic N) is 2. The Balaban J connectivity index is 1.76. The van der Waals surface area contributed by atoms with Gasteiger partial charge < -0.3 is 24.4 Å². The quantitative estimate of drug-likeness (QED) is 0.154. The van der Waals surface area contributed by atoms with Crippen molar-refractivity contribution in [1.82, 2.24) is 4.90 Å². The number of esters is 1. The number of hydrogen-bond donors (Lipinski definition) is 1. The summed E-state index contributed by atoms with van der Waals surface area (Å²) in [7, 11) is 0. The molecule has 1 aromatic carbocycles. The topological polar surface area (TPSA) is 96.4 Å². The summed E-state index contributed by atoms with van der Waals surface area (Å²) in [6.45, 7) is 13.5. The van der Waals surface area contributed by atoms with E-state index in [1.807, 2.05) is 45.0 Å². The molecule has 2 amide bonds. The van der Waals surface area contributed by atoms with Crippen molar-refractivity contribution >= 4 is 39.4 Å². The van der Waals surface area contributed by atoms with Crippen LogP contribution < -0.4 is 4.90 Å². The number of benzene rings is 1. The van der Waals surface area contributed by atoms with Gasteiger partial charge in [-0.25, -0.2) is 0 Å². The number of fused-ring (bicyclic) bond motifs is 1. The molecule has 9 heteroatoms. The number of allylic oxidation sites excluding steroid dienone is 1. The summed E-state index contributed by atoms with van der Waals surface area (Å²) in [5.41, 5.74) is 1.37. The number of halogens is 1. The van der Waals surface area contributed by atoms with E-state index >= 15 is 0 Å². The highest BCUT2D eigenvalue weighted by Crippen LogP contribution is 2.61. The maximum absolute atomic E-state index is 14.7. The largest absolute Gasteiger partial charge is 0.465 e. The summed E-state index contributed by atoms with van der Waals surface area (Å²) >= 11 is 3.70. The maximum atomic E-state index is 14.7. The van der Waals surface area contributed by atoms with Crippen LogP contribution in [0.25, 0.3) is 0 Å². The second-order valence-electron chi connectivity index (χ2n) is 11.1. The molecule has 0 aliphatic carbocycles. The van der Waals surface area contributed by atoms with E-state index in [0.29, 0.717) is 19.3 Å². The summed E-state index contributed by atoms with van der Waals surface area (Å²) in [5, 5.41) is 10.3. The number of rotatable bonds is 13. The van der Waals surface area contributed by atoms with Crippen LogP contribution in [0.4, 0.5) is 5.69 Å². The van der Waals surface area contributed by atoms with Crippen LogP contribution in [0.2, 0.25) is 0 Å². The number of carbonyl (C=O) groups is 3. The summed E-state index contributed by atoms with van der Waals surface area (Å²) < 4.78 is 12.2. The molecule has 0 radical (unpaired) electrons. The Hall–Kier alpha value is -2.49. The lowest BCUT2D eigenvalue weighted by Crippen LogP contribution is -2.59. The second-order valence-corrected chi connectivity index (χ2v) is 12.3. The first-order valence-electron chi connectivity index (χ1n) is 14.2. The van der Waals surface area contributed by atoms with Gasteiger partial charge >= 0.3 is 5.97 Å². The van der Waals surface area contributed by atoms with Crippen LogP contribution in [0, 0.1) is 25.7 Å². The third-order valence-corrected chi connectivity index (χ3v) is 9.49. The minimum atomic E-state index is -1.22. The first-order chi connectivity index (χ1) is 19.2. The Kier molecular flexibility index (Phi) is 9.58. The van der Waals surface area contributed by atoms with Gasteiger partial charge in [0.25, 0.3) is 5.91 Å². The number of aliphatic hydroxyl groups is 1. The SMILES string of the molecule is C=CCCCCOC(=O)[C@H]1[C@@H]2OC3(CC2Br)C(C(=O)N(CC=C)c2c(C)cccc2C)N([C@@H](CC)CO)C(=O)[C@H]13. The molecule has 3 saturated heterocycles. The number of hydrogen-bond acceptors (Lipinski definition) is 6. The Labute approximate surface area is 245 Å². The van der Waals surface area contributed by atoms with Crippen LogP contribution in [-0.2, 0) is 23.9 Å². The van der Waals surface area contributed by atoms with E-state index in [-0.39, 0.29) is 36.4 Å². The number of aliphatic hydroxyl groups excluding tert-OH is 1. The van der Waals surface area contributed by atoms with Crippen LogP contribution in [0.15, 0.2) is 43.5 Å². The van der Waals surface area contributed by atoms with Crippen molar-refractivity contribution in [2.45, 2.75) is 81.5 Å². The van der Waals surface area contributed by atoms with Crippen LogP contribution in [0.5, 0.6) is 0 Å². The highest BCUT2D eigenvalue weighted by atomic mass is 79.9. The number of amides is 2. The highest BCUT2D eigenvalue weighted by Gasteiger charge is 2.77. The molecule has 40 heavy (non-hydrogen) atoms. The minimum absolute atomic E-state index is 0.229. The van der Waals surface area contributed by atoms with Crippen molar-refractivity contribution in [3.63, 3.8) is 0 Å². The average molecular weight is 618 g/mol. The molecular formula is C31H41BrN2O6. The molecule has 218 valence electrons. The molecule has 3 fully saturated rings. The summed E-state index contributed by atoms with van der Waals surface area (Å²) in [6, 6.07) is 4.21. The van der Waals surface area contributed by atoms with E-state index in [4.69, 9.17) is 9.47 Å². The Bertz CT molecular complexity index is 1130. The lowest BCUT2D eigenvalue weighted by atomic mass is 9.70. The van der Waals surface area contributed by atoms with Gasteiger partial charge in [0, 0.05) is 17.1 Å². The zero-order valence-electron chi connectivity index (χ0n) is 23.7. The third-order valence-electron chi connectivity index (χ3n) is 8.64. The molecule has 3 heterocycles. The molecule has 2 bridgehead atoms. The van der Waals surface area contributed by atoms with Crippen LogP contribution in [0.1, 0.15) is 50.2 Å². The van der Waals surface area contributed by atoms with Crippen molar-refractivity contribution in [1.29, 1.82) is 0 Å². The van der Waals surface area contributed by atoms with E-state index in [1.165, 1.54) is 4.90 Å². The summed E-state index contributed by atoms with van der Waals surface area (Å²) in [6.07, 6.45) is 6.11. The van der Waals surface area contributed by atoms with Gasteiger partial charge in [0.2, 0.25) is 5.91 Å². The third kappa shape index (κ3) is 5.05. The van der Waals surface area contributed by atoms with Crippen molar-refractivity contribution in [2.75, 3.05) is 24.7 Å². The van der Waals surface area contributed by atoms with Crippen molar-refractivity contribution < 1.29 is 29.0 Å². The molecule has 1 spiro atoms. The molecule has 0 saturated carbocycles. The average Bonchev–Trinajstić information content (AvgIpc) is 3.52. The molecule has 1 N–H and O–H groups in total. The van der Waals surface area contributed by atoms with Gasteiger partial charge in [0.05, 0.1) is 37.2 Å². The second kappa shape index (κ2) is 12.6. The Morgan fingerprint density at radius 3 is 2.58 bits per heavy atom. The van der Waals surface area contributed by atoms with Gasteiger partial charge in [0.15, 0.2) is 0 Å². The Morgan fingerprint density at radius 1 is 1.27 bits per heavy atom. The number of anilines is 1. The molecule has 3 aliphatic rings. The van der Waals surface area contributed by atoms with Gasteiger partial charge in [-0.3, -0.25) is 14.4 Å². The van der Waals surface area contributed by atoms with Gasteiger partial charge in [-0.2, -0.15) is 0 Å². The van der Waals surface area contributed by atoms with E-state index in [2.05, 4.69) is 29.1 Å². The van der Waals surface area contributed by atoms with Crippen LogP contribution in [-0.4, -0.2) is 76.2 Å². The summed E-state index contributed by atoms with van der Waals surface area (Å²) in [5.74, 6) is -2.83. The fourth-order valence-electron chi connectivity index (χ4n) is 6.88.